The van der Waals surface area contributed by atoms with Gasteiger partial charge in [-0.15, -0.1) is 0 Å². The van der Waals surface area contributed by atoms with Gasteiger partial charge in [0.1, 0.15) is 0 Å². The Kier molecular flexibility index (Phi) is 11.5. The van der Waals surface area contributed by atoms with Gasteiger partial charge in [-0.05, 0) is 0 Å². The first-order chi connectivity index (χ1) is 16.5. The van der Waals surface area contributed by atoms with Crippen molar-refractivity contribution in [3.8, 4) is 9.75 Å². The Balaban J connectivity index is 2.08. The Morgan fingerprint density at radius 2 is 1.17 bits per heavy atom. The van der Waals surface area contributed by atoms with Gasteiger partial charge in [-0.2, -0.15) is 0 Å². The molecule has 0 fully saturated rings. The molecule has 1 aliphatic heterocycles. The monoisotopic (exact) mass is 746 g/mol. The summed E-state index contributed by atoms with van der Waals surface area (Å²) in [4.78, 5) is 19.4. The van der Waals surface area contributed by atoms with E-state index in [-0.39, 0.29) is 0 Å². The summed E-state index contributed by atoms with van der Waals surface area (Å²) >= 11 is 0.321. The molecule has 5 heteroatoms. The molecule has 35 heavy (non-hydrogen) atoms. The second kappa shape index (κ2) is 13.0. The van der Waals surface area contributed by atoms with Crippen LogP contribution < -0.4 is 16.2 Å². The average Bonchev–Trinajstić information content (AvgIpc) is 3.46. The zero-order chi connectivity index (χ0) is 25.9. The number of rotatable bonds is 15. The van der Waals surface area contributed by atoms with Gasteiger partial charge in [0.15, 0.2) is 0 Å². The summed E-state index contributed by atoms with van der Waals surface area (Å²) in [5, 5.41) is 3.84. The molecule has 3 rings (SSSR count). The summed E-state index contributed by atoms with van der Waals surface area (Å²) in [6.07, 6.45) is 14.2. The van der Waals surface area contributed by atoms with E-state index in [9.17, 15) is 0 Å². The van der Waals surface area contributed by atoms with Gasteiger partial charge >= 0.3 is 238 Å². The fourth-order valence-corrected chi connectivity index (χ4v) is 27.1. The second-order valence-corrected chi connectivity index (χ2v) is 50.5. The van der Waals surface area contributed by atoms with E-state index in [1.807, 2.05) is 16.2 Å². The molecule has 198 valence electrons. The maximum absolute atomic E-state index is 2.83. The van der Waals surface area contributed by atoms with Gasteiger partial charge in [-0.3, -0.25) is 0 Å². The van der Waals surface area contributed by atoms with Gasteiger partial charge in [0.2, 0.25) is 0 Å². The molecule has 0 amide bonds. The van der Waals surface area contributed by atoms with Crippen LogP contribution in [0.25, 0.3) is 9.75 Å². The predicted octanol–water partition coefficient (Wildman–Crippen LogP) is 9.02. The third-order valence-corrected chi connectivity index (χ3v) is 35.3. The predicted molar refractivity (Wildman–Crippen MR) is 175 cm³/mol. The van der Waals surface area contributed by atoms with Crippen molar-refractivity contribution in [3.05, 3.63) is 12.1 Å². The van der Waals surface area contributed by atoms with Gasteiger partial charge in [0.25, 0.3) is 0 Å². The van der Waals surface area contributed by atoms with E-state index in [0.717, 1.165) is 5.92 Å². The SMILES string of the molecule is CCCCCCCC[Si]1(CC(CC)CCCC)c2c[c]([Sn]([CH3])([CH3])[CH3])sc2-c2s[c]([Sn]([CH3])([CH3])[CH3])cc21. The standard InChI is InChI=1S/C24H36S2Si.6CH3.2Sn/c1-4-7-9-10-11-12-18-27(19-20(6-3)13-8-5-2)21-14-16-25-23(21)24-22(27)15-17-26-24;;;;;;;;/h14-15,20H,4-13,18-19H2,1-3H3;6*1H3;;. The second-order valence-electron chi connectivity index (χ2n) is 13.4. The molecule has 0 N–H and O–H groups in total. The van der Waals surface area contributed by atoms with Crippen LogP contribution in [0.4, 0.5) is 0 Å². The summed E-state index contributed by atoms with van der Waals surface area (Å²) in [7, 11) is -1.70. The van der Waals surface area contributed by atoms with E-state index in [2.05, 4.69) is 85.2 Å². The number of fused-ring (bicyclic) bond motifs is 3. The number of hydrogen-bond donors (Lipinski definition) is 0. The summed E-state index contributed by atoms with van der Waals surface area (Å²) in [5.41, 5.74) is 0. The molecule has 0 spiro atoms. The fourth-order valence-electron chi connectivity index (χ4n) is 5.95. The Morgan fingerprint density at radius 1 is 0.686 bits per heavy atom. The molecule has 2 aromatic heterocycles. The molecule has 3 heterocycles. The average molecular weight is 744 g/mol. The minimum absolute atomic E-state index is 0.920. The molecule has 1 aliphatic rings. The van der Waals surface area contributed by atoms with Crippen LogP contribution in [0.2, 0.25) is 41.7 Å². The third-order valence-electron chi connectivity index (χ3n) is 8.32. The maximum atomic E-state index is 2.83. The summed E-state index contributed by atoms with van der Waals surface area (Å²) < 4.78 is 3.68. The molecule has 0 radical (unpaired) electrons. The van der Waals surface area contributed by atoms with Crippen molar-refractivity contribution in [1.29, 1.82) is 0 Å². The van der Waals surface area contributed by atoms with Crippen LogP contribution in [0, 0.1) is 5.92 Å². The molecule has 1 unspecified atom stereocenters. The summed E-state index contributed by atoms with van der Waals surface area (Å²) in [5.74, 6) is 0.920. The van der Waals surface area contributed by atoms with E-state index < -0.39 is 44.8 Å². The van der Waals surface area contributed by atoms with Crippen molar-refractivity contribution in [1.82, 2.24) is 0 Å². The number of unbranched alkanes of at least 4 members (excludes halogenated alkanes) is 6. The molecular formula is C30H54S2SiSn2. The van der Waals surface area contributed by atoms with Crippen LogP contribution in [-0.2, 0) is 0 Å². The van der Waals surface area contributed by atoms with Crippen molar-refractivity contribution < 1.29 is 0 Å². The zero-order valence-electron chi connectivity index (χ0n) is 24.5. The van der Waals surface area contributed by atoms with Gasteiger partial charge < -0.3 is 0 Å². The molecule has 0 aliphatic carbocycles. The van der Waals surface area contributed by atoms with E-state index in [1.54, 1.807) is 9.75 Å². The van der Waals surface area contributed by atoms with Crippen LogP contribution in [-0.4, -0.2) is 44.8 Å². The van der Waals surface area contributed by atoms with Crippen LogP contribution >= 0.6 is 22.7 Å². The van der Waals surface area contributed by atoms with Crippen molar-refractivity contribution in [2.24, 2.45) is 5.92 Å². The van der Waals surface area contributed by atoms with Crippen LogP contribution in [0.3, 0.4) is 0 Å². The third kappa shape index (κ3) is 7.25. The Hall–Kier alpha value is 1.21. The molecule has 1 atom stereocenters. The zero-order valence-corrected chi connectivity index (χ0v) is 32.9. The Bertz CT molecular complexity index is 886. The molecule has 0 nitrogen and oxygen atoms in total. The van der Waals surface area contributed by atoms with Crippen LogP contribution in [0.5, 0.6) is 0 Å². The van der Waals surface area contributed by atoms with Gasteiger partial charge in [-0.25, -0.2) is 0 Å². The van der Waals surface area contributed by atoms with Gasteiger partial charge in [0, 0.05) is 0 Å². The fraction of sp³-hybridized carbons (Fsp3) is 0.733. The van der Waals surface area contributed by atoms with E-state index in [0.29, 0.717) is 0 Å². The molecular weight excluding hydrogens is 690 g/mol. The van der Waals surface area contributed by atoms with Crippen molar-refractivity contribution >= 4 is 83.7 Å². The van der Waals surface area contributed by atoms with E-state index in [4.69, 9.17) is 0 Å². The topological polar surface area (TPSA) is 0 Å². The number of thiophene rings is 2. The summed E-state index contributed by atoms with van der Waals surface area (Å²) in [6.45, 7) is 7.21. The molecule has 0 bridgehead atoms. The van der Waals surface area contributed by atoms with Crippen molar-refractivity contribution in [3.63, 3.8) is 0 Å². The van der Waals surface area contributed by atoms with E-state index >= 15 is 0 Å². The molecule has 0 saturated heterocycles. The number of hydrogen-bond acceptors (Lipinski definition) is 2. The van der Waals surface area contributed by atoms with Crippen molar-refractivity contribution in [2.45, 2.75) is 127 Å². The van der Waals surface area contributed by atoms with E-state index in [1.165, 1.54) is 76.3 Å². The molecule has 0 saturated carbocycles. The normalized spacial score (nSPS) is 15.9. The molecule has 0 aromatic carbocycles. The molecule has 2 aromatic rings. The minimum atomic E-state index is -2.10. The quantitative estimate of drug-likeness (QED) is 0.126. The van der Waals surface area contributed by atoms with Crippen LogP contribution in [0.1, 0.15) is 85.0 Å². The Labute approximate surface area is 235 Å². The first-order valence-electron chi connectivity index (χ1n) is 14.8. The first kappa shape index (κ1) is 30.8. The summed E-state index contributed by atoms with van der Waals surface area (Å²) in [6, 6.07) is 8.72. The first-order valence-corrected chi connectivity index (χ1v) is 38.8. The van der Waals surface area contributed by atoms with Crippen LogP contribution in [0.15, 0.2) is 12.1 Å². The van der Waals surface area contributed by atoms with Gasteiger partial charge in [0.05, 0.1) is 0 Å². The van der Waals surface area contributed by atoms with Crippen molar-refractivity contribution in [2.75, 3.05) is 0 Å². The van der Waals surface area contributed by atoms with Gasteiger partial charge in [-0.1, -0.05) is 0 Å². The Morgan fingerprint density at radius 3 is 1.63 bits per heavy atom.